The third kappa shape index (κ3) is 31.0. The van der Waals surface area contributed by atoms with Crippen LogP contribution in [0.3, 0.4) is 0 Å². The molecule has 4 N–H and O–H groups in total. The summed E-state index contributed by atoms with van der Waals surface area (Å²) in [5.41, 5.74) is 0.597. The van der Waals surface area contributed by atoms with Gasteiger partial charge in [0.15, 0.2) is 0 Å². The van der Waals surface area contributed by atoms with Crippen LogP contribution >= 0.6 is 11.8 Å². The lowest BCUT2D eigenvalue weighted by molar-refractivity contribution is -0.157. The molecule has 336 valence electrons. The molecule has 0 aliphatic rings. The maximum Gasteiger partial charge on any atom is 0.326 e. The van der Waals surface area contributed by atoms with Gasteiger partial charge in [-0.25, -0.2) is 4.79 Å². The summed E-state index contributed by atoms with van der Waals surface area (Å²) in [5.74, 6) is -3.23. The first-order valence-electron chi connectivity index (χ1n) is 22.6. The van der Waals surface area contributed by atoms with Gasteiger partial charge in [-0.2, -0.15) is 11.8 Å². The van der Waals surface area contributed by atoms with E-state index in [1.54, 1.807) is 0 Å². The van der Waals surface area contributed by atoms with Crippen molar-refractivity contribution < 1.29 is 48.5 Å². The summed E-state index contributed by atoms with van der Waals surface area (Å²) >= 11 is 1.43. The van der Waals surface area contributed by atoms with Gasteiger partial charge < -0.3 is 30.3 Å². The van der Waals surface area contributed by atoms with Crippen molar-refractivity contribution >= 4 is 53.1 Å². The average Bonchev–Trinajstić information content (AvgIpc) is 3.21. The van der Waals surface area contributed by atoms with E-state index < -0.39 is 36.4 Å². The molecule has 0 bridgehead atoms. The molecule has 0 aliphatic heterocycles. The molecule has 1 aromatic carbocycles. The number of hydrogen-bond donors (Lipinski definition) is 4. The number of anilines is 1. The molecule has 0 heterocycles. The van der Waals surface area contributed by atoms with E-state index in [0.29, 0.717) is 30.0 Å². The largest absolute Gasteiger partial charge is 0.481 e. The average molecular weight is 849 g/mol. The van der Waals surface area contributed by atoms with Gasteiger partial charge in [0.05, 0.1) is 0 Å². The predicted octanol–water partition coefficient (Wildman–Crippen LogP) is 10.7. The van der Waals surface area contributed by atoms with Gasteiger partial charge in [-0.1, -0.05) is 142 Å². The summed E-state index contributed by atoms with van der Waals surface area (Å²) in [4.78, 5) is 72.8. The van der Waals surface area contributed by atoms with Crippen molar-refractivity contribution in [2.75, 3.05) is 23.4 Å². The van der Waals surface area contributed by atoms with Crippen LogP contribution in [-0.4, -0.2) is 76.2 Å². The standard InChI is InChI=1S/C46H76N2O10S/c1-3-5-7-9-11-13-15-17-19-21-23-25-43(52)57-35-39(58-44(53)26-24-22-20-18-16-14-12-10-8-6-4-2)36-59-34-33-41(49)47-38-29-27-37(28-30-38)45(54)48-40(46(55)56)31-32-42(50)51/h27-30,39-40H,3-26,31-36H2,1-2H3,(H,47,49)(H,48,54)(H,50,51)(H,55,56)/t39?,40-/m0/s1. The summed E-state index contributed by atoms with van der Waals surface area (Å²) in [6.45, 7) is 4.44. The third-order valence-corrected chi connectivity index (χ3v) is 11.3. The summed E-state index contributed by atoms with van der Waals surface area (Å²) in [5, 5.41) is 23.2. The van der Waals surface area contributed by atoms with Crippen molar-refractivity contribution in [2.45, 2.75) is 199 Å². The number of benzene rings is 1. The molecule has 1 unspecified atom stereocenters. The smallest absolute Gasteiger partial charge is 0.326 e. The lowest BCUT2D eigenvalue weighted by Gasteiger charge is -2.18. The third-order valence-electron chi connectivity index (χ3n) is 10.2. The topological polar surface area (TPSA) is 185 Å². The van der Waals surface area contributed by atoms with Crippen LogP contribution in [0.5, 0.6) is 0 Å². The second-order valence-electron chi connectivity index (χ2n) is 15.6. The van der Waals surface area contributed by atoms with Crippen LogP contribution in [0.4, 0.5) is 5.69 Å². The summed E-state index contributed by atoms with van der Waals surface area (Å²) in [6.07, 6.45) is 25.7. The lowest BCUT2D eigenvalue weighted by atomic mass is 10.1. The van der Waals surface area contributed by atoms with Gasteiger partial charge in [-0.05, 0) is 43.5 Å². The molecule has 13 heteroatoms. The van der Waals surface area contributed by atoms with E-state index in [4.69, 9.17) is 14.6 Å². The monoisotopic (exact) mass is 849 g/mol. The molecule has 12 nitrogen and oxygen atoms in total. The molecule has 0 spiro atoms. The number of ether oxygens (including phenoxy) is 2. The highest BCUT2D eigenvalue weighted by atomic mass is 32.2. The zero-order valence-corrected chi connectivity index (χ0v) is 37.1. The van der Waals surface area contributed by atoms with Gasteiger partial charge in [-0.15, -0.1) is 0 Å². The van der Waals surface area contributed by atoms with Crippen LogP contribution in [0.1, 0.15) is 198 Å². The number of carboxylic acid groups (broad SMARTS) is 2. The van der Waals surface area contributed by atoms with Crippen molar-refractivity contribution in [2.24, 2.45) is 0 Å². The van der Waals surface area contributed by atoms with Gasteiger partial charge in [0.2, 0.25) is 5.91 Å². The molecular weight excluding hydrogens is 773 g/mol. The molecule has 1 rings (SSSR count). The zero-order chi connectivity index (χ0) is 43.4. The SMILES string of the molecule is CCCCCCCCCCCCCC(=O)OCC(CSCCC(=O)Nc1ccc(C(=O)N[C@@H](CCC(=O)O)C(=O)O)cc1)OC(=O)CCCCCCCCCCCCC. The first kappa shape index (κ1) is 53.4. The Morgan fingerprint density at radius 3 is 1.56 bits per heavy atom. The molecule has 0 saturated carbocycles. The Balaban J connectivity index is 2.50. The Hall–Kier alpha value is -3.61. The molecule has 0 aromatic heterocycles. The Labute approximate surface area is 358 Å². The van der Waals surface area contributed by atoms with Gasteiger partial charge >= 0.3 is 23.9 Å². The predicted molar refractivity (Wildman–Crippen MR) is 236 cm³/mol. The molecule has 59 heavy (non-hydrogen) atoms. The molecule has 2 amide bonds. The number of nitrogens with one attached hydrogen (secondary N) is 2. The number of carbonyl (C=O) groups is 6. The van der Waals surface area contributed by atoms with E-state index in [0.717, 1.165) is 38.5 Å². The fourth-order valence-electron chi connectivity index (χ4n) is 6.56. The van der Waals surface area contributed by atoms with Gasteiger partial charge in [-0.3, -0.25) is 24.0 Å². The molecule has 0 aliphatic carbocycles. The number of rotatable bonds is 39. The van der Waals surface area contributed by atoms with E-state index in [1.165, 1.54) is 139 Å². The van der Waals surface area contributed by atoms with E-state index in [1.807, 2.05) is 0 Å². The van der Waals surface area contributed by atoms with E-state index in [-0.39, 0.29) is 42.9 Å². The van der Waals surface area contributed by atoms with E-state index in [2.05, 4.69) is 24.5 Å². The van der Waals surface area contributed by atoms with Crippen molar-refractivity contribution in [1.82, 2.24) is 5.32 Å². The Bertz CT molecular complexity index is 1310. The highest BCUT2D eigenvalue weighted by Crippen LogP contribution is 2.17. The maximum atomic E-state index is 12.8. The van der Waals surface area contributed by atoms with Gasteiger partial charge in [0.1, 0.15) is 18.8 Å². The fourth-order valence-corrected chi connectivity index (χ4v) is 7.48. The molecule has 0 radical (unpaired) electrons. The number of unbranched alkanes of at least 4 members (excludes halogenated alkanes) is 20. The minimum atomic E-state index is -1.35. The van der Waals surface area contributed by atoms with Crippen LogP contribution in [0, 0.1) is 0 Å². The number of esters is 2. The van der Waals surface area contributed by atoms with E-state index in [9.17, 15) is 33.9 Å². The quantitative estimate of drug-likeness (QED) is 0.0365. The second-order valence-corrected chi connectivity index (χ2v) is 16.8. The first-order chi connectivity index (χ1) is 28.5. The van der Waals surface area contributed by atoms with Crippen LogP contribution in [-0.2, 0) is 33.4 Å². The van der Waals surface area contributed by atoms with Gasteiger partial charge in [0, 0.05) is 48.4 Å². The minimum Gasteiger partial charge on any atom is -0.481 e. The molecule has 0 fully saturated rings. The highest BCUT2D eigenvalue weighted by Gasteiger charge is 2.22. The molecule has 2 atom stereocenters. The summed E-state index contributed by atoms with van der Waals surface area (Å²) in [6, 6.07) is 4.55. The number of thioether (sulfide) groups is 1. The second kappa shape index (κ2) is 36.3. The molecule has 0 saturated heterocycles. The maximum absolute atomic E-state index is 12.8. The Morgan fingerprint density at radius 2 is 1.08 bits per heavy atom. The van der Waals surface area contributed by atoms with Crippen LogP contribution in [0.15, 0.2) is 24.3 Å². The number of amides is 2. The normalized spacial score (nSPS) is 12.0. The number of aliphatic carboxylic acids is 2. The van der Waals surface area contributed by atoms with Crippen LogP contribution < -0.4 is 10.6 Å². The van der Waals surface area contributed by atoms with Crippen molar-refractivity contribution in [3.05, 3.63) is 29.8 Å². The van der Waals surface area contributed by atoms with E-state index >= 15 is 0 Å². The van der Waals surface area contributed by atoms with Gasteiger partial charge in [0.25, 0.3) is 5.91 Å². The number of hydrogen-bond acceptors (Lipinski definition) is 9. The molecule has 1 aromatic rings. The van der Waals surface area contributed by atoms with Crippen LogP contribution in [0.2, 0.25) is 0 Å². The first-order valence-corrected chi connectivity index (χ1v) is 23.8. The fraction of sp³-hybridized carbons (Fsp3) is 0.739. The minimum absolute atomic E-state index is 0.0211. The number of carboxylic acids is 2. The van der Waals surface area contributed by atoms with Crippen molar-refractivity contribution in [3.63, 3.8) is 0 Å². The zero-order valence-electron chi connectivity index (χ0n) is 36.2. The van der Waals surface area contributed by atoms with Crippen molar-refractivity contribution in [1.29, 1.82) is 0 Å². The number of carbonyl (C=O) groups excluding carboxylic acids is 4. The lowest BCUT2D eigenvalue weighted by Crippen LogP contribution is -2.41. The Morgan fingerprint density at radius 1 is 0.610 bits per heavy atom. The highest BCUT2D eigenvalue weighted by molar-refractivity contribution is 7.99. The molecular formula is C46H76N2O10S. The summed E-state index contributed by atoms with van der Waals surface area (Å²) < 4.78 is 11.3. The van der Waals surface area contributed by atoms with Crippen molar-refractivity contribution in [3.8, 4) is 0 Å². The van der Waals surface area contributed by atoms with Crippen LogP contribution in [0.25, 0.3) is 0 Å². The summed E-state index contributed by atoms with van der Waals surface area (Å²) in [7, 11) is 0. The Kier molecular flexibility index (Phi) is 32.8.